The van der Waals surface area contributed by atoms with Crippen molar-refractivity contribution in [2.24, 2.45) is 0 Å². The summed E-state index contributed by atoms with van der Waals surface area (Å²) < 4.78 is 14.5. The minimum absolute atomic E-state index is 0.00223. The van der Waals surface area contributed by atoms with Gasteiger partial charge in [0.1, 0.15) is 11.0 Å². The molecule has 0 aliphatic carbocycles. The summed E-state index contributed by atoms with van der Waals surface area (Å²) in [7, 11) is 0. The van der Waals surface area contributed by atoms with Crippen LogP contribution >= 0.6 is 11.6 Å². The largest absolute Gasteiger partial charge is 0.334 e. The first-order valence-electron chi connectivity index (χ1n) is 5.73. The monoisotopic (exact) mass is 282 g/mol. The number of aromatic nitrogens is 2. The zero-order valence-electron chi connectivity index (χ0n) is 10.4. The van der Waals surface area contributed by atoms with Gasteiger partial charge in [-0.05, 0) is 18.1 Å². The third-order valence-corrected chi connectivity index (χ3v) is 3.06. The number of nitrogens with zero attached hydrogens (tertiary/aromatic N) is 1. The van der Waals surface area contributed by atoms with Crippen LogP contribution < -0.4 is 11.2 Å². The number of aromatic amines is 1. The summed E-state index contributed by atoms with van der Waals surface area (Å²) in [5.74, 6) is -0.831. The molecule has 0 fully saturated rings. The standard InChI is InChI=1S/C13H12ClFN2O2/c1-7(2)10-11(14)16-13(19)17(12(10)18)9-6-4-3-5-8(9)15/h3-7H,1-2H3,(H,16,19). The van der Waals surface area contributed by atoms with E-state index in [2.05, 4.69) is 4.98 Å². The smallest absolute Gasteiger partial charge is 0.297 e. The van der Waals surface area contributed by atoms with Crippen molar-refractivity contribution < 1.29 is 4.39 Å². The van der Waals surface area contributed by atoms with Crippen LogP contribution in [-0.4, -0.2) is 9.55 Å². The molecule has 0 bridgehead atoms. The lowest BCUT2D eigenvalue weighted by Gasteiger charge is -2.11. The number of para-hydroxylation sites is 1. The maximum absolute atomic E-state index is 13.7. The minimum Gasteiger partial charge on any atom is -0.297 e. The minimum atomic E-state index is -0.760. The molecule has 0 atom stereocenters. The summed E-state index contributed by atoms with van der Waals surface area (Å²) in [6, 6.07) is 5.58. The molecule has 100 valence electrons. The fourth-order valence-corrected chi connectivity index (χ4v) is 2.26. The Hall–Kier alpha value is -1.88. The van der Waals surface area contributed by atoms with E-state index in [1.54, 1.807) is 19.9 Å². The molecule has 1 aromatic carbocycles. The average Bonchev–Trinajstić information content (AvgIpc) is 2.30. The molecule has 6 heteroatoms. The van der Waals surface area contributed by atoms with Gasteiger partial charge in [0, 0.05) is 0 Å². The van der Waals surface area contributed by atoms with E-state index in [4.69, 9.17) is 11.6 Å². The van der Waals surface area contributed by atoms with Crippen LogP contribution in [0.4, 0.5) is 4.39 Å². The molecule has 1 aromatic heterocycles. The molecule has 0 aliphatic heterocycles. The maximum atomic E-state index is 13.7. The van der Waals surface area contributed by atoms with Crippen molar-refractivity contribution in [3.8, 4) is 5.69 Å². The molecule has 1 N–H and O–H groups in total. The van der Waals surface area contributed by atoms with Crippen molar-refractivity contribution in [1.82, 2.24) is 9.55 Å². The molecular formula is C13H12ClFN2O2. The Morgan fingerprint density at radius 2 is 1.89 bits per heavy atom. The Balaban J connectivity index is 2.87. The molecule has 4 nitrogen and oxygen atoms in total. The second-order valence-electron chi connectivity index (χ2n) is 4.40. The van der Waals surface area contributed by atoms with Gasteiger partial charge >= 0.3 is 5.69 Å². The predicted octanol–water partition coefficient (Wildman–Crippen LogP) is 2.44. The maximum Gasteiger partial charge on any atom is 0.334 e. The molecule has 0 radical (unpaired) electrons. The number of hydrogen-bond acceptors (Lipinski definition) is 2. The molecule has 0 amide bonds. The molecule has 0 saturated carbocycles. The third-order valence-electron chi connectivity index (χ3n) is 2.76. The highest BCUT2D eigenvalue weighted by atomic mass is 35.5. The molecule has 2 aromatic rings. The molecule has 1 heterocycles. The molecule has 0 saturated heterocycles. The van der Waals surface area contributed by atoms with Crippen molar-refractivity contribution >= 4 is 11.6 Å². The van der Waals surface area contributed by atoms with Crippen molar-refractivity contribution in [2.75, 3.05) is 0 Å². The molecule has 0 unspecified atom stereocenters. The fraction of sp³-hybridized carbons (Fsp3) is 0.231. The normalized spacial score (nSPS) is 11.0. The van der Waals surface area contributed by atoms with Crippen molar-refractivity contribution in [3.63, 3.8) is 0 Å². The Morgan fingerprint density at radius 3 is 2.47 bits per heavy atom. The van der Waals surface area contributed by atoms with Crippen molar-refractivity contribution in [3.05, 3.63) is 61.6 Å². The highest BCUT2D eigenvalue weighted by molar-refractivity contribution is 6.30. The van der Waals surface area contributed by atoms with Gasteiger partial charge in [0.25, 0.3) is 5.56 Å². The van der Waals surface area contributed by atoms with Gasteiger partial charge in [-0.15, -0.1) is 0 Å². The molecular weight excluding hydrogens is 271 g/mol. The second-order valence-corrected chi connectivity index (χ2v) is 4.78. The first kappa shape index (κ1) is 13.5. The van der Waals surface area contributed by atoms with E-state index in [1.165, 1.54) is 18.2 Å². The zero-order chi connectivity index (χ0) is 14.2. The van der Waals surface area contributed by atoms with Crippen LogP contribution in [0.25, 0.3) is 5.69 Å². The zero-order valence-corrected chi connectivity index (χ0v) is 11.2. The van der Waals surface area contributed by atoms with Crippen LogP contribution in [0.2, 0.25) is 5.15 Å². The van der Waals surface area contributed by atoms with Gasteiger partial charge < -0.3 is 0 Å². The second kappa shape index (κ2) is 5.01. The van der Waals surface area contributed by atoms with Gasteiger partial charge in [-0.3, -0.25) is 9.78 Å². The predicted molar refractivity (Wildman–Crippen MR) is 71.7 cm³/mol. The Morgan fingerprint density at radius 1 is 1.26 bits per heavy atom. The average molecular weight is 283 g/mol. The van der Waals surface area contributed by atoms with E-state index < -0.39 is 17.1 Å². The highest BCUT2D eigenvalue weighted by Gasteiger charge is 2.18. The van der Waals surface area contributed by atoms with Crippen LogP contribution in [-0.2, 0) is 0 Å². The van der Waals surface area contributed by atoms with Gasteiger partial charge in [0.15, 0.2) is 0 Å². The SMILES string of the molecule is CC(C)c1c(Cl)[nH]c(=O)n(-c2ccccc2F)c1=O. The lowest BCUT2D eigenvalue weighted by molar-refractivity contribution is 0.610. The summed E-state index contributed by atoms with van der Waals surface area (Å²) in [6.07, 6.45) is 0. The summed E-state index contributed by atoms with van der Waals surface area (Å²) in [6.45, 7) is 3.54. The fourth-order valence-electron chi connectivity index (χ4n) is 1.88. The summed E-state index contributed by atoms with van der Waals surface area (Å²) >= 11 is 5.87. The van der Waals surface area contributed by atoms with E-state index in [1.807, 2.05) is 0 Å². The number of H-pyrrole nitrogens is 1. The number of rotatable bonds is 2. The van der Waals surface area contributed by atoms with Crippen molar-refractivity contribution in [1.29, 1.82) is 0 Å². The molecule has 0 aliphatic rings. The van der Waals surface area contributed by atoms with Crippen molar-refractivity contribution in [2.45, 2.75) is 19.8 Å². The lowest BCUT2D eigenvalue weighted by Crippen LogP contribution is -2.37. The molecule has 0 spiro atoms. The van der Waals surface area contributed by atoms with Crippen LogP contribution in [0.5, 0.6) is 0 Å². The Labute approximate surface area is 113 Å². The number of benzene rings is 1. The van der Waals surface area contributed by atoms with E-state index >= 15 is 0 Å². The van der Waals surface area contributed by atoms with Gasteiger partial charge in [0.05, 0.1) is 11.3 Å². The molecule has 2 rings (SSSR count). The first-order valence-corrected chi connectivity index (χ1v) is 6.11. The molecule has 19 heavy (non-hydrogen) atoms. The topological polar surface area (TPSA) is 54.9 Å². The van der Waals surface area contributed by atoms with Crippen LogP contribution in [0.15, 0.2) is 33.9 Å². The number of halogens is 2. The van der Waals surface area contributed by atoms with E-state index in [-0.39, 0.29) is 22.3 Å². The van der Waals surface area contributed by atoms with E-state index in [0.717, 1.165) is 4.57 Å². The van der Waals surface area contributed by atoms with Crippen LogP contribution in [0.3, 0.4) is 0 Å². The van der Waals surface area contributed by atoms with E-state index in [0.29, 0.717) is 0 Å². The Bertz CT molecular complexity index is 734. The van der Waals surface area contributed by atoms with Gasteiger partial charge in [-0.2, -0.15) is 0 Å². The van der Waals surface area contributed by atoms with Crippen LogP contribution in [0, 0.1) is 5.82 Å². The Kier molecular flexibility index (Phi) is 3.57. The van der Waals surface area contributed by atoms with Gasteiger partial charge in [0.2, 0.25) is 0 Å². The van der Waals surface area contributed by atoms with Crippen LogP contribution in [0.1, 0.15) is 25.3 Å². The van der Waals surface area contributed by atoms with Gasteiger partial charge in [-0.1, -0.05) is 37.6 Å². The summed E-state index contributed by atoms with van der Waals surface area (Å²) in [4.78, 5) is 26.5. The first-order chi connectivity index (χ1) is 8.93. The number of nitrogens with one attached hydrogen (secondary N) is 1. The summed E-state index contributed by atoms with van der Waals surface area (Å²) in [5.41, 5.74) is -1.20. The lowest BCUT2D eigenvalue weighted by atomic mass is 10.1. The quantitative estimate of drug-likeness (QED) is 0.860. The number of hydrogen-bond donors (Lipinski definition) is 1. The third kappa shape index (κ3) is 2.33. The van der Waals surface area contributed by atoms with E-state index in [9.17, 15) is 14.0 Å². The highest BCUT2D eigenvalue weighted by Crippen LogP contribution is 2.18. The summed E-state index contributed by atoms with van der Waals surface area (Å²) in [5, 5.41) is -0.00223. The van der Waals surface area contributed by atoms with Gasteiger partial charge in [-0.25, -0.2) is 13.8 Å².